The molecule has 100 valence electrons. The third-order valence-corrected chi connectivity index (χ3v) is 3.16. The highest BCUT2D eigenvalue weighted by Gasteiger charge is 2.12. The molecule has 0 aliphatic carbocycles. The number of halogens is 1. The summed E-state index contributed by atoms with van der Waals surface area (Å²) in [5.74, 6) is 0.0657. The van der Waals surface area contributed by atoms with Gasteiger partial charge >= 0.3 is 0 Å². The van der Waals surface area contributed by atoms with Crippen LogP contribution in [0.25, 0.3) is 0 Å². The van der Waals surface area contributed by atoms with Gasteiger partial charge < -0.3 is 10.4 Å². The van der Waals surface area contributed by atoms with Crippen LogP contribution in [0.5, 0.6) is 5.75 Å². The van der Waals surface area contributed by atoms with Crippen LogP contribution in [-0.4, -0.2) is 5.11 Å². The second kappa shape index (κ2) is 6.34. The Labute approximate surface area is 112 Å². The molecule has 3 heteroatoms. The summed E-state index contributed by atoms with van der Waals surface area (Å²) in [5, 5.41) is 13.2. The van der Waals surface area contributed by atoms with Crippen molar-refractivity contribution in [1.82, 2.24) is 5.32 Å². The predicted molar refractivity (Wildman–Crippen MR) is 74.4 cm³/mol. The quantitative estimate of drug-likeness (QED) is 0.856. The van der Waals surface area contributed by atoms with E-state index in [2.05, 4.69) is 12.2 Å². The Morgan fingerprint density at radius 3 is 2.63 bits per heavy atom. The average molecular weight is 259 g/mol. The number of benzene rings is 2. The molecule has 0 bridgehead atoms. The van der Waals surface area contributed by atoms with E-state index >= 15 is 0 Å². The van der Waals surface area contributed by atoms with Gasteiger partial charge in [-0.1, -0.05) is 37.3 Å². The van der Waals surface area contributed by atoms with Gasteiger partial charge in [0.15, 0.2) is 0 Å². The lowest BCUT2D eigenvalue weighted by Crippen LogP contribution is -2.20. The Hall–Kier alpha value is -1.87. The Morgan fingerprint density at radius 1 is 1.16 bits per heavy atom. The number of rotatable bonds is 5. The fourth-order valence-corrected chi connectivity index (χ4v) is 2.14. The molecule has 0 saturated heterocycles. The Morgan fingerprint density at radius 2 is 1.95 bits per heavy atom. The van der Waals surface area contributed by atoms with Crippen LogP contribution in [0.1, 0.15) is 30.5 Å². The van der Waals surface area contributed by atoms with Crippen molar-refractivity contribution >= 4 is 0 Å². The molecule has 2 aromatic rings. The van der Waals surface area contributed by atoms with E-state index < -0.39 is 0 Å². The lowest BCUT2D eigenvalue weighted by molar-refractivity contribution is 0.440. The van der Waals surface area contributed by atoms with Crippen molar-refractivity contribution in [3.05, 3.63) is 65.5 Å². The molecule has 0 spiro atoms. The first-order chi connectivity index (χ1) is 9.20. The van der Waals surface area contributed by atoms with Crippen molar-refractivity contribution < 1.29 is 9.50 Å². The van der Waals surface area contributed by atoms with Crippen molar-refractivity contribution in [3.63, 3.8) is 0 Å². The third-order valence-electron chi connectivity index (χ3n) is 3.16. The second-order valence-corrected chi connectivity index (χ2v) is 4.53. The monoisotopic (exact) mass is 259 g/mol. The van der Waals surface area contributed by atoms with Crippen molar-refractivity contribution in [2.24, 2.45) is 0 Å². The highest BCUT2D eigenvalue weighted by atomic mass is 19.1. The van der Waals surface area contributed by atoms with Crippen LogP contribution in [0, 0.1) is 5.82 Å². The molecule has 1 atom stereocenters. The van der Waals surface area contributed by atoms with Crippen molar-refractivity contribution in [2.75, 3.05) is 0 Å². The Balaban J connectivity index is 2.06. The summed E-state index contributed by atoms with van der Waals surface area (Å²) in [7, 11) is 0. The molecule has 0 aromatic heterocycles. The van der Waals surface area contributed by atoms with Gasteiger partial charge in [-0.3, -0.25) is 0 Å². The van der Waals surface area contributed by atoms with E-state index in [0.717, 1.165) is 17.5 Å². The molecule has 0 fully saturated rings. The van der Waals surface area contributed by atoms with Crippen molar-refractivity contribution in [1.29, 1.82) is 0 Å². The minimum atomic E-state index is -0.227. The minimum Gasteiger partial charge on any atom is -0.508 e. The van der Waals surface area contributed by atoms with Gasteiger partial charge in [0.2, 0.25) is 0 Å². The van der Waals surface area contributed by atoms with Crippen molar-refractivity contribution in [3.8, 4) is 5.75 Å². The molecule has 2 rings (SSSR count). The molecule has 2 nitrogen and oxygen atoms in total. The normalized spacial score (nSPS) is 12.3. The smallest absolute Gasteiger partial charge is 0.123 e. The van der Waals surface area contributed by atoms with Gasteiger partial charge in [-0.2, -0.15) is 0 Å². The van der Waals surface area contributed by atoms with Crippen LogP contribution < -0.4 is 5.32 Å². The lowest BCUT2D eigenvalue weighted by atomic mass is 10.0. The molecule has 1 unspecified atom stereocenters. The van der Waals surface area contributed by atoms with Gasteiger partial charge in [-0.25, -0.2) is 4.39 Å². The highest BCUT2D eigenvalue weighted by molar-refractivity contribution is 5.34. The molecule has 2 N–H and O–H groups in total. The van der Waals surface area contributed by atoms with E-state index in [1.54, 1.807) is 18.2 Å². The fourth-order valence-electron chi connectivity index (χ4n) is 2.14. The maximum atomic E-state index is 13.1. The summed E-state index contributed by atoms with van der Waals surface area (Å²) in [6, 6.07) is 13.9. The minimum absolute atomic E-state index is 0.0597. The van der Waals surface area contributed by atoms with Gasteiger partial charge in [0.05, 0.1) is 0 Å². The number of hydrogen-bond donors (Lipinski definition) is 2. The summed E-state index contributed by atoms with van der Waals surface area (Å²) in [5.41, 5.74) is 1.77. The van der Waals surface area contributed by atoms with Gasteiger partial charge in [-0.15, -0.1) is 0 Å². The third kappa shape index (κ3) is 3.55. The molecular formula is C16H18FNO. The van der Waals surface area contributed by atoms with Crippen LogP contribution in [0.3, 0.4) is 0 Å². The molecule has 2 aromatic carbocycles. The molecular weight excluding hydrogens is 241 g/mol. The Bertz CT molecular complexity index is 542. The molecule has 0 heterocycles. The maximum Gasteiger partial charge on any atom is 0.123 e. The van der Waals surface area contributed by atoms with Gasteiger partial charge in [0.25, 0.3) is 0 Å². The summed E-state index contributed by atoms with van der Waals surface area (Å²) in [6.07, 6.45) is 0.854. The Kier molecular flexibility index (Phi) is 4.53. The molecule has 0 aliphatic heterocycles. The molecule has 0 aliphatic rings. The molecule has 0 amide bonds. The van der Waals surface area contributed by atoms with Crippen molar-refractivity contribution in [2.45, 2.75) is 25.9 Å². The first-order valence-corrected chi connectivity index (χ1v) is 6.46. The van der Waals surface area contributed by atoms with E-state index in [-0.39, 0.29) is 11.9 Å². The van der Waals surface area contributed by atoms with Crippen LogP contribution in [0.15, 0.2) is 48.5 Å². The summed E-state index contributed by atoms with van der Waals surface area (Å²) < 4.78 is 13.1. The zero-order chi connectivity index (χ0) is 13.7. The number of phenolic OH excluding ortho intramolecular Hbond substituents is 1. The number of para-hydroxylation sites is 1. The van der Waals surface area contributed by atoms with Crippen LogP contribution in [0.4, 0.5) is 4.39 Å². The first-order valence-electron chi connectivity index (χ1n) is 6.46. The largest absolute Gasteiger partial charge is 0.508 e. The average Bonchev–Trinajstić information content (AvgIpc) is 2.41. The zero-order valence-corrected chi connectivity index (χ0v) is 10.9. The highest BCUT2D eigenvalue weighted by Crippen LogP contribution is 2.26. The van der Waals surface area contributed by atoms with Crippen LogP contribution >= 0.6 is 0 Å². The predicted octanol–water partition coefficient (Wildman–Crippen LogP) is 3.77. The van der Waals surface area contributed by atoms with E-state index in [4.69, 9.17) is 0 Å². The summed E-state index contributed by atoms with van der Waals surface area (Å²) >= 11 is 0. The number of nitrogens with one attached hydrogen (secondary N) is 1. The topological polar surface area (TPSA) is 32.3 Å². The lowest BCUT2D eigenvalue weighted by Gasteiger charge is -2.18. The number of phenols is 1. The molecule has 0 radical (unpaired) electrons. The fraction of sp³-hybridized carbons (Fsp3) is 0.250. The van der Waals surface area contributed by atoms with E-state index in [1.165, 1.54) is 12.1 Å². The van der Waals surface area contributed by atoms with Gasteiger partial charge in [0.1, 0.15) is 11.6 Å². The maximum absolute atomic E-state index is 13.1. The van der Waals surface area contributed by atoms with E-state index in [9.17, 15) is 9.50 Å². The number of aromatic hydroxyl groups is 1. The van der Waals surface area contributed by atoms with Gasteiger partial charge in [-0.05, 0) is 30.2 Å². The summed E-state index contributed by atoms with van der Waals surface area (Å²) in [4.78, 5) is 0. The van der Waals surface area contributed by atoms with Gasteiger partial charge in [0, 0.05) is 18.2 Å². The van der Waals surface area contributed by atoms with Crippen LogP contribution in [-0.2, 0) is 6.54 Å². The first kappa shape index (κ1) is 13.6. The molecule has 0 saturated carbocycles. The van der Waals surface area contributed by atoms with E-state index in [0.29, 0.717) is 12.3 Å². The zero-order valence-electron chi connectivity index (χ0n) is 10.9. The van der Waals surface area contributed by atoms with E-state index in [1.807, 2.05) is 18.2 Å². The standard InChI is InChI=1S/C16H18FNO/c1-2-15(14-8-3-4-9-16(14)19)18-11-12-6-5-7-13(17)10-12/h3-10,15,18-19H,2,11H2,1H3. The number of hydrogen-bond acceptors (Lipinski definition) is 2. The summed E-state index contributed by atoms with van der Waals surface area (Å²) in [6.45, 7) is 2.63. The van der Waals surface area contributed by atoms with Crippen LogP contribution in [0.2, 0.25) is 0 Å². The molecule has 19 heavy (non-hydrogen) atoms. The SMILES string of the molecule is CCC(NCc1cccc(F)c1)c1ccccc1O. The second-order valence-electron chi connectivity index (χ2n) is 4.53.